The molecule has 0 saturated carbocycles. The van der Waals surface area contributed by atoms with Crippen LogP contribution in [0.2, 0.25) is 10.0 Å². The molecule has 0 aromatic heterocycles. The largest absolute Gasteiger partial charge is 0.454 e. The fraction of sp³-hybridized carbons (Fsp3) is 0.278. The molecule has 10 heteroatoms. The van der Waals surface area contributed by atoms with Gasteiger partial charge in [0, 0.05) is 24.1 Å². The van der Waals surface area contributed by atoms with Crippen molar-refractivity contribution in [2.24, 2.45) is 0 Å². The van der Waals surface area contributed by atoms with Crippen molar-refractivity contribution < 1.29 is 22.7 Å². The van der Waals surface area contributed by atoms with Crippen molar-refractivity contribution in [2.75, 3.05) is 29.2 Å². The third-order valence-electron chi connectivity index (χ3n) is 4.01. The van der Waals surface area contributed by atoms with Crippen LogP contribution in [0.25, 0.3) is 0 Å². The van der Waals surface area contributed by atoms with E-state index in [1.165, 1.54) is 10.4 Å². The van der Waals surface area contributed by atoms with Crippen molar-refractivity contribution >= 4 is 50.5 Å². The molecule has 1 aliphatic rings. The molecule has 0 atom stereocenters. The Morgan fingerprint density at radius 2 is 1.89 bits per heavy atom. The molecule has 2 aromatic carbocycles. The molecular weight excluding hydrogens is 427 g/mol. The SMILES string of the molecule is CS(=O)(=O)N(CCCC(=O)Nc1ccc(Cl)cc1Cl)c1ccc2c(c1)OCO2. The second-order valence-electron chi connectivity index (χ2n) is 6.15. The van der Waals surface area contributed by atoms with E-state index in [4.69, 9.17) is 32.7 Å². The Hall–Kier alpha value is -2.16. The third kappa shape index (κ3) is 5.01. The average molecular weight is 445 g/mol. The standard InChI is InChI=1S/C18H18Cl2N2O5S/c1-28(24,25)22(13-5-7-16-17(10-13)27-11-26-16)8-2-3-18(23)21-15-6-4-12(19)9-14(15)20/h4-7,9-10H,2-3,8,11H2,1H3,(H,21,23). The summed E-state index contributed by atoms with van der Waals surface area (Å²) >= 11 is 11.9. The lowest BCUT2D eigenvalue weighted by molar-refractivity contribution is -0.116. The zero-order valence-corrected chi connectivity index (χ0v) is 17.3. The first-order chi connectivity index (χ1) is 13.2. The summed E-state index contributed by atoms with van der Waals surface area (Å²) in [5, 5.41) is 3.49. The van der Waals surface area contributed by atoms with Gasteiger partial charge >= 0.3 is 0 Å². The highest BCUT2D eigenvalue weighted by molar-refractivity contribution is 7.92. The van der Waals surface area contributed by atoms with Crippen LogP contribution in [0.15, 0.2) is 36.4 Å². The van der Waals surface area contributed by atoms with Crippen LogP contribution in [0.5, 0.6) is 11.5 Å². The number of anilines is 2. The van der Waals surface area contributed by atoms with Gasteiger partial charge in [0.05, 0.1) is 22.7 Å². The van der Waals surface area contributed by atoms with E-state index in [2.05, 4.69) is 5.32 Å². The lowest BCUT2D eigenvalue weighted by atomic mass is 10.2. The minimum absolute atomic E-state index is 0.102. The average Bonchev–Trinajstić information content (AvgIpc) is 3.07. The predicted molar refractivity (Wildman–Crippen MR) is 109 cm³/mol. The number of hydrogen-bond acceptors (Lipinski definition) is 5. The van der Waals surface area contributed by atoms with E-state index in [1.54, 1.807) is 30.3 Å². The van der Waals surface area contributed by atoms with Crippen molar-refractivity contribution in [1.29, 1.82) is 0 Å². The van der Waals surface area contributed by atoms with E-state index in [1.807, 2.05) is 0 Å². The van der Waals surface area contributed by atoms with Crippen molar-refractivity contribution in [1.82, 2.24) is 0 Å². The molecule has 0 saturated heterocycles. The molecule has 2 aromatic rings. The Morgan fingerprint density at radius 1 is 1.14 bits per heavy atom. The van der Waals surface area contributed by atoms with Gasteiger partial charge in [-0.3, -0.25) is 9.10 Å². The number of hydrogen-bond donors (Lipinski definition) is 1. The van der Waals surface area contributed by atoms with Crippen LogP contribution < -0.4 is 19.1 Å². The number of rotatable bonds is 7. The van der Waals surface area contributed by atoms with Gasteiger partial charge < -0.3 is 14.8 Å². The number of halogens is 2. The Kier molecular flexibility index (Phi) is 6.22. The van der Waals surface area contributed by atoms with Crippen LogP contribution >= 0.6 is 23.2 Å². The van der Waals surface area contributed by atoms with Gasteiger partial charge in [0.2, 0.25) is 22.7 Å². The molecule has 0 aliphatic carbocycles. The number of amides is 1. The first-order valence-electron chi connectivity index (χ1n) is 8.36. The van der Waals surface area contributed by atoms with Crippen LogP contribution in [-0.2, 0) is 14.8 Å². The molecule has 1 N–H and O–H groups in total. The smallest absolute Gasteiger partial charge is 0.232 e. The summed E-state index contributed by atoms with van der Waals surface area (Å²) in [6, 6.07) is 9.67. The van der Waals surface area contributed by atoms with E-state index < -0.39 is 10.0 Å². The summed E-state index contributed by atoms with van der Waals surface area (Å²) in [6.07, 6.45) is 1.55. The fourth-order valence-corrected chi connectivity index (χ4v) is 4.13. The second kappa shape index (κ2) is 8.46. The molecule has 0 fully saturated rings. The summed E-state index contributed by atoms with van der Waals surface area (Å²) in [7, 11) is -3.53. The molecule has 1 amide bonds. The van der Waals surface area contributed by atoms with E-state index >= 15 is 0 Å². The van der Waals surface area contributed by atoms with Gasteiger partial charge in [-0.1, -0.05) is 23.2 Å². The van der Waals surface area contributed by atoms with Gasteiger partial charge in [0.25, 0.3) is 0 Å². The molecule has 0 spiro atoms. The van der Waals surface area contributed by atoms with Gasteiger partial charge in [-0.2, -0.15) is 0 Å². The fourth-order valence-electron chi connectivity index (χ4n) is 2.71. The number of ether oxygens (including phenoxy) is 2. The highest BCUT2D eigenvalue weighted by Crippen LogP contribution is 2.36. The maximum atomic E-state index is 12.2. The molecule has 1 heterocycles. The van der Waals surface area contributed by atoms with Crippen LogP contribution in [0.1, 0.15) is 12.8 Å². The number of nitrogens with one attached hydrogen (secondary N) is 1. The minimum atomic E-state index is -3.53. The summed E-state index contributed by atoms with van der Waals surface area (Å²) in [5.74, 6) is 0.779. The van der Waals surface area contributed by atoms with Crippen LogP contribution in [0, 0.1) is 0 Å². The van der Waals surface area contributed by atoms with E-state index in [0.29, 0.717) is 39.3 Å². The molecule has 3 rings (SSSR count). The highest BCUT2D eigenvalue weighted by Gasteiger charge is 2.21. The topological polar surface area (TPSA) is 84.9 Å². The third-order valence-corrected chi connectivity index (χ3v) is 5.76. The zero-order chi connectivity index (χ0) is 20.3. The quantitative estimate of drug-likeness (QED) is 0.699. The molecule has 7 nitrogen and oxygen atoms in total. The molecular formula is C18H18Cl2N2O5S. The molecule has 0 bridgehead atoms. The van der Waals surface area contributed by atoms with Crippen molar-refractivity contribution in [2.45, 2.75) is 12.8 Å². The second-order valence-corrected chi connectivity index (χ2v) is 8.90. The molecule has 28 heavy (non-hydrogen) atoms. The molecule has 0 radical (unpaired) electrons. The van der Waals surface area contributed by atoms with E-state index in [9.17, 15) is 13.2 Å². The molecule has 0 unspecified atom stereocenters. The Labute approximate surface area is 173 Å². The van der Waals surface area contributed by atoms with Gasteiger partial charge in [-0.25, -0.2) is 8.42 Å². The van der Waals surface area contributed by atoms with Crippen LogP contribution in [0.4, 0.5) is 11.4 Å². The summed E-state index contributed by atoms with van der Waals surface area (Å²) < 4.78 is 36.2. The number of sulfonamides is 1. The van der Waals surface area contributed by atoms with Gasteiger partial charge in [0.15, 0.2) is 11.5 Å². The Morgan fingerprint density at radius 3 is 2.61 bits per heavy atom. The van der Waals surface area contributed by atoms with Gasteiger partial charge in [0.1, 0.15) is 0 Å². The summed E-state index contributed by atoms with van der Waals surface area (Å²) in [4.78, 5) is 12.2. The maximum absolute atomic E-state index is 12.2. The first kappa shape index (κ1) is 20.6. The number of carbonyl (C=O) groups is 1. The lowest BCUT2D eigenvalue weighted by Gasteiger charge is -2.22. The molecule has 1 aliphatic heterocycles. The maximum Gasteiger partial charge on any atom is 0.232 e. The Bertz CT molecular complexity index is 997. The number of nitrogens with zero attached hydrogens (tertiary/aromatic N) is 1. The lowest BCUT2D eigenvalue weighted by Crippen LogP contribution is -2.31. The molecule has 150 valence electrons. The van der Waals surface area contributed by atoms with Crippen LogP contribution in [-0.4, -0.2) is 33.9 Å². The predicted octanol–water partition coefficient (Wildman–Crippen LogP) is 3.91. The first-order valence-corrected chi connectivity index (χ1v) is 11.0. The van der Waals surface area contributed by atoms with Crippen molar-refractivity contribution in [3.63, 3.8) is 0 Å². The van der Waals surface area contributed by atoms with Crippen molar-refractivity contribution in [3.05, 3.63) is 46.4 Å². The van der Waals surface area contributed by atoms with Crippen molar-refractivity contribution in [3.8, 4) is 11.5 Å². The highest BCUT2D eigenvalue weighted by atomic mass is 35.5. The number of carbonyl (C=O) groups excluding carboxylic acids is 1. The summed E-state index contributed by atoms with van der Waals surface area (Å²) in [5.41, 5.74) is 0.903. The number of fused-ring (bicyclic) bond motifs is 1. The monoisotopic (exact) mass is 444 g/mol. The Balaban J connectivity index is 1.62. The van der Waals surface area contributed by atoms with E-state index in [-0.39, 0.29) is 25.7 Å². The van der Waals surface area contributed by atoms with Gasteiger partial charge in [-0.05, 0) is 36.8 Å². The van der Waals surface area contributed by atoms with Crippen LogP contribution in [0.3, 0.4) is 0 Å². The minimum Gasteiger partial charge on any atom is -0.454 e. The van der Waals surface area contributed by atoms with E-state index in [0.717, 1.165) is 6.26 Å². The summed E-state index contributed by atoms with van der Waals surface area (Å²) in [6.45, 7) is 0.241. The van der Waals surface area contributed by atoms with Gasteiger partial charge in [-0.15, -0.1) is 0 Å². The number of benzene rings is 2. The normalized spacial score (nSPS) is 12.7. The zero-order valence-electron chi connectivity index (χ0n) is 14.9.